The Bertz CT molecular complexity index is 469. The van der Waals surface area contributed by atoms with Gasteiger partial charge >= 0.3 is 0 Å². The summed E-state index contributed by atoms with van der Waals surface area (Å²) in [4.78, 5) is 14.0. The summed E-state index contributed by atoms with van der Waals surface area (Å²) in [7, 11) is 0. The van der Waals surface area contributed by atoms with Crippen molar-refractivity contribution in [2.24, 2.45) is 0 Å². The molecule has 0 saturated carbocycles. The molecule has 3 nitrogen and oxygen atoms in total. The number of hydrogen-bond donors (Lipinski definition) is 1. The van der Waals surface area contributed by atoms with Gasteiger partial charge in [-0.25, -0.2) is 0 Å². The Morgan fingerprint density at radius 3 is 2.40 bits per heavy atom. The van der Waals surface area contributed by atoms with E-state index in [-0.39, 0.29) is 11.4 Å². The van der Waals surface area contributed by atoms with E-state index in [0.717, 1.165) is 12.1 Å². The van der Waals surface area contributed by atoms with Gasteiger partial charge in [-0.2, -0.15) is 0 Å². The van der Waals surface area contributed by atoms with Crippen LogP contribution < -0.4 is 5.32 Å². The summed E-state index contributed by atoms with van der Waals surface area (Å²) >= 11 is 11.9. The Kier molecular flexibility index (Phi) is 6.31. The predicted molar refractivity (Wildman–Crippen MR) is 85.3 cm³/mol. The van der Waals surface area contributed by atoms with Crippen molar-refractivity contribution >= 4 is 29.1 Å². The smallest absolute Gasteiger partial charge is 0.234 e. The number of benzene rings is 1. The normalized spacial score (nSPS) is 11.8. The average Bonchev–Trinajstić information content (AvgIpc) is 2.30. The second-order valence-electron chi connectivity index (χ2n) is 5.85. The highest BCUT2D eigenvalue weighted by Gasteiger charge is 2.16. The van der Waals surface area contributed by atoms with Crippen LogP contribution in [0.2, 0.25) is 10.0 Å². The number of rotatable bonds is 5. The molecule has 0 spiro atoms. The van der Waals surface area contributed by atoms with Gasteiger partial charge in [0, 0.05) is 12.1 Å². The molecule has 1 N–H and O–H groups in total. The van der Waals surface area contributed by atoms with Gasteiger partial charge in [0.25, 0.3) is 0 Å². The lowest BCUT2D eigenvalue weighted by Gasteiger charge is -2.25. The molecule has 0 atom stereocenters. The van der Waals surface area contributed by atoms with Crippen molar-refractivity contribution in [1.29, 1.82) is 0 Å². The van der Waals surface area contributed by atoms with Crippen LogP contribution in [0.25, 0.3) is 0 Å². The van der Waals surface area contributed by atoms with Crippen molar-refractivity contribution in [3.63, 3.8) is 0 Å². The van der Waals surface area contributed by atoms with Crippen molar-refractivity contribution in [2.75, 3.05) is 13.1 Å². The number of halogens is 2. The minimum Gasteiger partial charge on any atom is -0.350 e. The van der Waals surface area contributed by atoms with E-state index in [1.54, 1.807) is 6.07 Å². The molecule has 0 aromatic heterocycles. The second kappa shape index (κ2) is 7.30. The van der Waals surface area contributed by atoms with Crippen LogP contribution >= 0.6 is 23.2 Å². The Hall–Kier alpha value is -0.770. The van der Waals surface area contributed by atoms with Gasteiger partial charge in [0.1, 0.15) is 0 Å². The molecular formula is C15H22Cl2N2O. The Morgan fingerprint density at radius 1 is 1.25 bits per heavy atom. The summed E-state index contributed by atoms with van der Waals surface area (Å²) in [5, 5.41) is 4.05. The third-order valence-corrected chi connectivity index (χ3v) is 3.46. The highest BCUT2D eigenvalue weighted by molar-refractivity contribution is 6.42. The van der Waals surface area contributed by atoms with Crippen LogP contribution in [0.15, 0.2) is 18.2 Å². The van der Waals surface area contributed by atoms with E-state index in [1.807, 2.05) is 39.8 Å². The highest BCUT2D eigenvalue weighted by atomic mass is 35.5. The van der Waals surface area contributed by atoms with Gasteiger partial charge in [-0.05, 0) is 45.0 Å². The first-order valence-electron chi connectivity index (χ1n) is 6.68. The van der Waals surface area contributed by atoms with Gasteiger partial charge < -0.3 is 5.32 Å². The lowest BCUT2D eigenvalue weighted by molar-refractivity contribution is -0.123. The van der Waals surface area contributed by atoms with Gasteiger partial charge in [-0.1, -0.05) is 36.2 Å². The molecule has 1 aromatic carbocycles. The van der Waals surface area contributed by atoms with Gasteiger partial charge in [0.15, 0.2) is 0 Å². The summed E-state index contributed by atoms with van der Waals surface area (Å²) in [6.07, 6.45) is 0. The Labute approximate surface area is 131 Å². The van der Waals surface area contributed by atoms with Crippen molar-refractivity contribution < 1.29 is 4.79 Å². The zero-order valence-corrected chi connectivity index (χ0v) is 14.0. The summed E-state index contributed by atoms with van der Waals surface area (Å²) in [5.74, 6) is 0.0272. The molecule has 0 aliphatic heterocycles. The van der Waals surface area contributed by atoms with Crippen molar-refractivity contribution in [2.45, 2.75) is 39.8 Å². The van der Waals surface area contributed by atoms with Crippen LogP contribution in [-0.2, 0) is 11.3 Å². The zero-order chi connectivity index (χ0) is 15.3. The van der Waals surface area contributed by atoms with Crippen molar-refractivity contribution in [3.05, 3.63) is 33.8 Å². The molecule has 0 aliphatic carbocycles. The first-order chi connectivity index (χ1) is 9.21. The number of carbonyl (C=O) groups excluding carboxylic acids is 1. The van der Waals surface area contributed by atoms with E-state index < -0.39 is 0 Å². The Balaban J connectivity index is 2.63. The van der Waals surface area contributed by atoms with Gasteiger partial charge in [-0.3, -0.25) is 9.69 Å². The maximum atomic E-state index is 11.9. The van der Waals surface area contributed by atoms with Crippen LogP contribution in [0.3, 0.4) is 0 Å². The van der Waals surface area contributed by atoms with E-state index in [4.69, 9.17) is 23.2 Å². The first kappa shape index (κ1) is 17.3. The SMILES string of the molecule is CCN(CC(=O)NC(C)(C)C)Cc1ccc(Cl)c(Cl)c1. The van der Waals surface area contributed by atoms with Crippen LogP contribution in [-0.4, -0.2) is 29.4 Å². The lowest BCUT2D eigenvalue weighted by atomic mass is 10.1. The molecule has 1 amide bonds. The lowest BCUT2D eigenvalue weighted by Crippen LogP contribution is -2.45. The fraction of sp³-hybridized carbons (Fsp3) is 0.533. The largest absolute Gasteiger partial charge is 0.350 e. The number of hydrogen-bond acceptors (Lipinski definition) is 2. The molecule has 0 unspecified atom stereocenters. The number of carbonyl (C=O) groups is 1. The van der Waals surface area contributed by atoms with Crippen LogP contribution in [0, 0.1) is 0 Å². The molecule has 0 fully saturated rings. The fourth-order valence-corrected chi connectivity index (χ4v) is 2.16. The summed E-state index contributed by atoms with van der Waals surface area (Å²) < 4.78 is 0. The van der Waals surface area contributed by atoms with Crippen molar-refractivity contribution in [3.8, 4) is 0 Å². The summed E-state index contributed by atoms with van der Waals surface area (Å²) in [5.41, 5.74) is 0.838. The average molecular weight is 317 g/mol. The maximum Gasteiger partial charge on any atom is 0.234 e. The van der Waals surface area contributed by atoms with E-state index in [0.29, 0.717) is 23.1 Å². The Morgan fingerprint density at radius 2 is 1.90 bits per heavy atom. The number of nitrogens with one attached hydrogen (secondary N) is 1. The van der Waals surface area contributed by atoms with Gasteiger partial charge in [0.2, 0.25) is 5.91 Å². The summed E-state index contributed by atoms with van der Waals surface area (Å²) in [6.45, 7) is 9.78. The third-order valence-electron chi connectivity index (χ3n) is 2.72. The number of amides is 1. The molecule has 112 valence electrons. The molecule has 0 saturated heterocycles. The number of likely N-dealkylation sites (N-methyl/N-ethyl adjacent to an activating group) is 1. The van der Waals surface area contributed by atoms with E-state index in [9.17, 15) is 4.79 Å². The van der Waals surface area contributed by atoms with Gasteiger partial charge in [-0.15, -0.1) is 0 Å². The summed E-state index contributed by atoms with van der Waals surface area (Å²) in [6, 6.07) is 5.55. The van der Waals surface area contributed by atoms with E-state index in [1.165, 1.54) is 0 Å². The van der Waals surface area contributed by atoms with Gasteiger partial charge in [0.05, 0.1) is 16.6 Å². The number of nitrogens with zero attached hydrogens (tertiary/aromatic N) is 1. The molecule has 0 aliphatic rings. The monoisotopic (exact) mass is 316 g/mol. The highest BCUT2D eigenvalue weighted by Crippen LogP contribution is 2.23. The van der Waals surface area contributed by atoms with Crippen LogP contribution in [0.1, 0.15) is 33.3 Å². The van der Waals surface area contributed by atoms with E-state index >= 15 is 0 Å². The third kappa shape index (κ3) is 6.12. The van der Waals surface area contributed by atoms with E-state index in [2.05, 4.69) is 10.2 Å². The molecule has 1 aromatic rings. The van der Waals surface area contributed by atoms with Crippen molar-refractivity contribution in [1.82, 2.24) is 10.2 Å². The standard InChI is InChI=1S/C15H22Cl2N2O/c1-5-19(10-14(20)18-15(2,3)4)9-11-6-7-12(16)13(17)8-11/h6-8H,5,9-10H2,1-4H3,(H,18,20). The molecule has 20 heavy (non-hydrogen) atoms. The molecule has 1 rings (SSSR count). The first-order valence-corrected chi connectivity index (χ1v) is 7.44. The minimum absolute atomic E-state index is 0.0272. The van der Waals surface area contributed by atoms with Crippen LogP contribution in [0.4, 0.5) is 0 Å². The molecule has 0 radical (unpaired) electrons. The predicted octanol–water partition coefficient (Wildman–Crippen LogP) is 3.73. The minimum atomic E-state index is -0.208. The molecule has 0 bridgehead atoms. The molecule has 5 heteroatoms. The molecular weight excluding hydrogens is 295 g/mol. The molecule has 0 heterocycles. The van der Waals surface area contributed by atoms with Crippen LogP contribution in [0.5, 0.6) is 0 Å². The maximum absolute atomic E-state index is 11.9. The second-order valence-corrected chi connectivity index (χ2v) is 6.66. The quantitative estimate of drug-likeness (QED) is 0.897. The fourth-order valence-electron chi connectivity index (χ4n) is 1.84. The zero-order valence-electron chi connectivity index (χ0n) is 12.5. The topological polar surface area (TPSA) is 32.3 Å².